The van der Waals surface area contributed by atoms with Gasteiger partial charge in [-0.2, -0.15) is 0 Å². The van der Waals surface area contributed by atoms with Crippen LogP contribution in [0, 0.1) is 0 Å². The first-order valence-electron chi connectivity index (χ1n) is 20.8. The molecule has 0 amide bonds. The fraction of sp³-hybridized carbons (Fsp3) is 0. The molecule has 286 valence electrons. The van der Waals surface area contributed by atoms with Gasteiger partial charge in [0.2, 0.25) is 0 Å². The molecule has 0 fully saturated rings. The molecular weight excluding hydrogens is 741 g/mol. The van der Waals surface area contributed by atoms with Crippen LogP contribution in [0.3, 0.4) is 0 Å². The zero-order valence-corrected chi connectivity index (χ0v) is 33.2. The number of fused-ring (bicyclic) bond motifs is 7. The Bertz CT molecular complexity index is 3580. The van der Waals surface area contributed by atoms with E-state index in [0.29, 0.717) is 0 Å². The van der Waals surface area contributed by atoms with Crippen LogP contribution in [0.25, 0.3) is 93.6 Å². The number of anilines is 3. The Morgan fingerprint density at radius 3 is 1.84 bits per heavy atom. The topological polar surface area (TPSA) is 21.3 Å². The van der Waals surface area contributed by atoms with Gasteiger partial charge in [0.05, 0.1) is 22.4 Å². The molecule has 0 atom stereocenters. The number of furan rings is 1. The molecule has 0 aliphatic heterocycles. The molecule has 0 aliphatic rings. The molecule has 0 radical (unpaired) electrons. The molecule has 12 rings (SSSR count). The average molecular weight is 779 g/mol. The van der Waals surface area contributed by atoms with E-state index in [2.05, 4.69) is 234 Å². The maximum absolute atomic E-state index is 6.77. The highest BCUT2D eigenvalue weighted by molar-refractivity contribution is 6.16. The number of rotatable bonds is 7. The van der Waals surface area contributed by atoms with Crippen LogP contribution in [-0.4, -0.2) is 4.57 Å². The summed E-state index contributed by atoms with van der Waals surface area (Å²) in [7, 11) is 0. The minimum absolute atomic E-state index is 0.853. The largest absolute Gasteiger partial charge is 0.454 e. The van der Waals surface area contributed by atoms with Crippen molar-refractivity contribution in [3.63, 3.8) is 0 Å². The lowest BCUT2D eigenvalue weighted by atomic mass is 9.95. The zero-order chi connectivity index (χ0) is 40.3. The van der Waals surface area contributed by atoms with E-state index in [1.54, 1.807) is 0 Å². The van der Waals surface area contributed by atoms with Gasteiger partial charge >= 0.3 is 0 Å². The highest BCUT2D eigenvalue weighted by Gasteiger charge is 2.23. The van der Waals surface area contributed by atoms with Gasteiger partial charge in [0.1, 0.15) is 5.58 Å². The number of nitrogens with zero attached hydrogens (tertiary/aromatic N) is 2. The van der Waals surface area contributed by atoms with E-state index in [1.807, 2.05) is 6.07 Å². The van der Waals surface area contributed by atoms with Crippen LogP contribution in [0.4, 0.5) is 17.1 Å². The summed E-state index contributed by atoms with van der Waals surface area (Å²) in [4.78, 5) is 2.39. The fourth-order valence-corrected chi connectivity index (χ4v) is 9.36. The van der Waals surface area contributed by atoms with Crippen LogP contribution in [0.5, 0.6) is 0 Å². The van der Waals surface area contributed by atoms with Crippen LogP contribution in [0.2, 0.25) is 0 Å². The van der Waals surface area contributed by atoms with E-state index in [4.69, 9.17) is 4.42 Å². The summed E-state index contributed by atoms with van der Waals surface area (Å²) in [6, 6.07) is 82.9. The molecule has 0 N–H and O–H groups in total. The second kappa shape index (κ2) is 14.3. The zero-order valence-electron chi connectivity index (χ0n) is 33.2. The molecule has 2 aromatic heterocycles. The van der Waals surface area contributed by atoms with Crippen molar-refractivity contribution in [1.82, 2.24) is 4.57 Å². The van der Waals surface area contributed by atoms with Gasteiger partial charge in [0, 0.05) is 38.5 Å². The van der Waals surface area contributed by atoms with E-state index in [1.165, 1.54) is 43.9 Å². The number of hydrogen-bond donors (Lipinski definition) is 0. The molecular formula is C58H38N2O. The molecule has 12 aromatic rings. The van der Waals surface area contributed by atoms with E-state index in [-0.39, 0.29) is 0 Å². The Hall–Kier alpha value is -8.14. The number of benzene rings is 10. The Morgan fingerprint density at radius 1 is 0.361 bits per heavy atom. The molecule has 10 aromatic carbocycles. The number of hydrogen-bond acceptors (Lipinski definition) is 2. The first-order chi connectivity index (χ1) is 30.3. The maximum Gasteiger partial charge on any atom is 0.159 e. The third kappa shape index (κ3) is 5.82. The van der Waals surface area contributed by atoms with Gasteiger partial charge in [0.15, 0.2) is 5.58 Å². The minimum Gasteiger partial charge on any atom is -0.454 e. The molecule has 3 heteroatoms. The van der Waals surface area contributed by atoms with Crippen molar-refractivity contribution >= 4 is 71.6 Å². The molecule has 0 spiro atoms. The lowest BCUT2D eigenvalue weighted by molar-refractivity contribution is 0.669. The van der Waals surface area contributed by atoms with Gasteiger partial charge in [-0.25, -0.2) is 0 Å². The van der Waals surface area contributed by atoms with Crippen molar-refractivity contribution in [1.29, 1.82) is 0 Å². The van der Waals surface area contributed by atoms with E-state index < -0.39 is 0 Å². The molecule has 0 unspecified atom stereocenters. The Morgan fingerprint density at radius 2 is 1.00 bits per heavy atom. The van der Waals surface area contributed by atoms with Gasteiger partial charge in [-0.3, -0.25) is 0 Å². The fourth-order valence-electron chi connectivity index (χ4n) is 9.36. The maximum atomic E-state index is 6.77. The molecule has 2 heterocycles. The van der Waals surface area contributed by atoms with Crippen LogP contribution in [-0.2, 0) is 0 Å². The molecule has 61 heavy (non-hydrogen) atoms. The quantitative estimate of drug-likeness (QED) is 0.161. The van der Waals surface area contributed by atoms with Crippen LogP contribution in [0.1, 0.15) is 0 Å². The summed E-state index contributed by atoms with van der Waals surface area (Å²) in [5.74, 6) is 0. The summed E-state index contributed by atoms with van der Waals surface area (Å²) in [6.45, 7) is 0. The van der Waals surface area contributed by atoms with E-state index in [0.717, 1.165) is 66.8 Å². The summed E-state index contributed by atoms with van der Waals surface area (Å²) in [5.41, 5.74) is 15.4. The molecule has 0 aliphatic carbocycles. The monoisotopic (exact) mass is 778 g/mol. The van der Waals surface area contributed by atoms with Gasteiger partial charge < -0.3 is 13.9 Å². The van der Waals surface area contributed by atoms with Crippen LogP contribution in [0.15, 0.2) is 235 Å². The Labute approximate surface area is 353 Å². The Kier molecular flexibility index (Phi) is 8.17. The lowest BCUT2D eigenvalue weighted by Crippen LogP contribution is -2.12. The lowest BCUT2D eigenvalue weighted by Gasteiger charge is -2.29. The van der Waals surface area contributed by atoms with Gasteiger partial charge in [-0.1, -0.05) is 170 Å². The van der Waals surface area contributed by atoms with Crippen molar-refractivity contribution < 1.29 is 4.42 Å². The summed E-state index contributed by atoms with van der Waals surface area (Å²) >= 11 is 0. The normalized spacial score (nSPS) is 11.6. The summed E-state index contributed by atoms with van der Waals surface area (Å²) in [6.07, 6.45) is 0. The number of para-hydroxylation sites is 4. The van der Waals surface area contributed by atoms with Gasteiger partial charge in [-0.05, 0) is 99.3 Å². The van der Waals surface area contributed by atoms with Crippen LogP contribution < -0.4 is 4.90 Å². The van der Waals surface area contributed by atoms with Crippen LogP contribution >= 0.6 is 0 Å². The van der Waals surface area contributed by atoms with Crippen molar-refractivity contribution in [3.8, 4) is 39.1 Å². The minimum atomic E-state index is 0.853. The predicted octanol–water partition coefficient (Wildman–Crippen LogP) is 16.3. The van der Waals surface area contributed by atoms with E-state index in [9.17, 15) is 0 Å². The van der Waals surface area contributed by atoms with Crippen molar-refractivity contribution in [2.75, 3.05) is 4.90 Å². The number of aromatic nitrogens is 1. The first kappa shape index (κ1) is 34.9. The van der Waals surface area contributed by atoms with Gasteiger partial charge in [0.25, 0.3) is 0 Å². The second-order valence-electron chi connectivity index (χ2n) is 15.7. The summed E-state index contributed by atoms with van der Waals surface area (Å²) < 4.78 is 9.16. The third-order valence-electron chi connectivity index (χ3n) is 12.2. The predicted molar refractivity (Wildman–Crippen MR) is 257 cm³/mol. The van der Waals surface area contributed by atoms with Gasteiger partial charge in [-0.15, -0.1) is 0 Å². The molecule has 0 bridgehead atoms. The smallest absolute Gasteiger partial charge is 0.159 e. The SMILES string of the molecule is c1ccc(-c2ccc(-c3ccccc3)c(N(c3ccc4cc(-c5cccc6c5c5ccccc5n6-c5ccccc5)ccc4c3)c3cccc4c3oc3ccccc34)c2)cc1. The highest BCUT2D eigenvalue weighted by Crippen LogP contribution is 2.47. The molecule has 0 saturated heterocycles. The molecule has 0 saturated carbocycles. The summed E-state index contributed by atoms with van der Waals surface area (Å²) in [5, 5.41) is 7.03. The second-order valence-corrected chi connectivity index (χ2v) is 15.7. The molecule has 3 nitrogen and oxygen atoms in total. The standard InChI is InChI=1S/C58H38N2O/c1-4-16-39(17-5-1)43-33-35-47(40-18-6-2-7-19-40)55(38-43)60(54-28-15-25-50-49-22-11-13-29-56(49)61-58(50)54)46-34-32-41-36-44(31-30-42(41)37-46)48-24-14-27-53-57(48)51-23-10-12-26-52(51)59(53)45-20-8-3-9-21-45/h1-38H. The first-order valence-corrected chi connectivity index (χ1v) is 20.8. The highest BCUT2D eigenvalue weighted by atomic mass is 16.3. The average Bonchev–Trinajstić information content (AvgIpc) is 3.89. The third-order valence-corrected chi connectivity index (χ3v) is 12.2. The van der Waals surface area contributed by atoms with E-state index >= 15 is 0 Å². The Balaban J connectivity index is 1.07. The van der Waals surface area contributed by atoms with Crippen molar-refractivity contribution in [3.05, 3.63) is 231 Å². The van der Waals surface area contributed by atoms with Crippen molar-refractivity contribution in [2.24, 2.45) is 0 Å². The van der Waals surface area contributed by atoms with Crippen molar-refractivity contribution in [2.45, 2.75) is 0 Å².